The summed E-state index contributed by atoms with van der Waals surface area (Å²) < 4.78 is 34.7. The summed E-state index contributed by atoms with van der Waals surface area (Å²) in [6.07, 6.45) is 2.11. The number of carbonyl (C=O) groups excluding carboxylic acids is 1. The van der Waals surface area contributed by atoms with Crippen LogP contribution in [0, 0.1) is 18.6 Å². The number of hydrogen-bond acceptors (Lipinski definition) is 4. The number of hydrogen-bond donors (Lipinski definition) is 2. The van der Waals surface area contributed by atoms with Gasteiger partial charge in [0.15, 0.2) is 11.4 Å². The molecule has 2 aromatic heterocycles. The van der Waals surface area contributed by atoms with Gasteiger partial charge in [0.1, 0.15) is 23.9 Å². The molecule has 8 heteroatoms. The number of ether oxygens (including phenoxy) is 1. The first kappa shape index (κ1) is 18.8. The van der Waals surface area contributed by atoms with E-state index in [1.54, 1.807) is 29.7 Å². The number of aliphatic hydroxyl groups is 1. The molecule has 0 saturated heterocycles. The van der Waals surface area contributed by atoms with E-state index in [-0.39, 0.29) is 24.7 Å². The van der Waals surface area contributed by atoms with Crippen molar-refractivity contribution in [1.82, 2.24) is 14.7 Å². The molecule has 3 rings (SSSR count). The molecular weight excluding hydrogens is 356 g/mol. The highest BCUT2D eigenvalue weighted by atomic mass is 19.1. The lowest BCUT2D eigenvalue weighted by atomic mass is 10.2. The van der Waals surface area contributed by atoms with Crippen LogP contribution in [-0.4, -0.2) is 33.6 Å². The third-order valence-corrected chi connectivity index (χ3v) is 4.06. The maximum absolute atomic E-state index is 13.8. The SMILES string of the molecule is Cc1nc2c(OCc3c(F)cccc3F)cccn2c1C(=O)NCCCO. The Hall–Kier alpha value is -3.00. The molecular formula is C19H19F2N3O3. The summed E-state index contributed by atoms with van der Waals surface area (Å²) in [5.41, 5.74) is 1.03. The molecule has 0 unspecified atom stereocenters. The van der Waals surface area contributed by atoms with Crippen LogP contribution in [0.4, 0.5) is 8.78 Å². The van der Waals surface area contributed by atoms with Crippen LogP contribution in [0.25, 0.3) is 5.65 Å². The van der Waals surface area contributed by atoms with Crippen molar-refractivity contribution in [3.05, 3.63) is 65.1 Å². The maximum Gasteiger partial charge on any atom is 0.270 e. The van der Waals surface area contributed by atoms with E-state index in [0.29, 0.717) is 35.8 Å². The van der Waals surface area contributed by atoms with Crippen LogP contribution in [0.3, 0.4) is 0 Å². The van der Waals surface area contributed by atoms with Gasteiger partial charge in [-0.1, -0.05) is 6.07 Å². The molecule has 0 aliphatic carbocycles. The summed E-state index contributed by atoms with van der Waals surface area (Å²) in [4.78, 5) is 16.8. The van der Waals surface area contributed by atoms with Gasteiger partial charge in [0.2, 0.25) is 0 Å². The normalized spacial score (nSPS) is 11.0. The van der Waals surface area contributed by atoms with Gasteiger partial charge in [-0.3, -0.25) is 9.20 Å². The fraction of sp³-hybridized carbons (Fsp3) is 0.263. The number of rotatable bonds is 7. The molecule has 6 nitrogen and oxygen atoms in total. The van der Waals surface area contributed by atoms with E-state index in [2.05, 4.69) is 10.3 Å². The van der Waals surface area contributed by atoms with E-state index in [1.807, 2.05) is 0 Å². The minimum Gasteiger partial charge on any atom is -0.485 e. The zero-order chi connectivity index (χ0) is 19.4. The fourth-order valence-corrected chi connectivity index (χ4v) is 2.73. The predicted octanol–water partition coefficient (Wildman–Crippen LogP) is 2.61. The average molecular weight is 375 g/mol. The van der Waals surface area contributed by atoms with Crippen molar-refractivity contribution in [3.8, 4) is 5.75 Å². The van der Waals surface area contributed by atoms with Crippen LogP contribution in [0.15, 0.2) is 36.5 Å². The minimum absolute atomic E-state index is 0.0169. The molecule has 0 fully saturated rings. The van der Waals surface area contributed by atoms with Crippen molar-refractivity contribution in [3.63, 3.8) is 0 Å². The highest BCUT2D eigenvalue weighted by Crippen LogP contribution is 2.24. The highest BCUT2D eigenvalue weighted by molar-refractivity contribution is 5.94. The summed E-state index contributed by atoms with van der Waals surface area (Å²) in [6.45, 7) is 1.71. The van der Waals surface area contributed by atoms with E-state index in [0.717, 1.165) is 12.1 Å². The molecule has 27 heavy (non-hydrogen) atoms. The van der Waals surface area contributed by atoms with Gasteiger partial charge in [-0.05, 0) is 37.6 Å². The third-order valence-electron chi connectivity index (χ3n) is 4.06. The first-order valence-corrected chi connectivity index (χ1v) is 8.45. The first-order chi connectivity index (χ1) is 13.0. The van der Waals surface area contributed by atoms with Crippen LogP contribution in [-0.2, 0) is 6.61 Å². The second-order valence-corrected chi connectivity index (χ2v) is 5.93. The van der Waals surface area contributed by atoms with Gasteiger partial charge in [0.05, 0.1) is 11.3 Å². The number of benzene rings is 1. The standard InChI is InChI=1S/C19H19F2N3O3/c1-12-17(19(26)22-8-4-10-25)24-9-3-7-16(18(24)23-12)27-11-13-14(20)5-2-6-15(13)21/h2-3,5-7,9,25H,4,8,10-11H2,1H3,(H,22,26). The summed E-state index contributed by atoms with van der Waals surface area (Å²) in [6, 6.07) is 6.89. The lowest BCUT2D eigenvalue weighted by Crippen LogP contribution is -2.26. The summed E-state index contributed by atoms with van der Waals surface area (Å²) in [5.74, 6) is -1.40. The maximum atomic E-state index is 13.8. The largest absolute Gasteiger partial charge is 0.485 e. The van der Waals surface area contributed by atoms with Crippen LogP contribution in [0.5, 0.6) is 5.75 Å². The van der Waals surface area contributed by atoms with E-state index in [9.17, 15) is 13.6 Å². The van der Waals surface area contributed by atoms with E-state index in [1.165, 1.54) is 6.07 Å². The Kier molecular flexibility index (Phi) is 5.66. The van der Waals surface area contributed by atoms with Crippen molar-refractivity contribution < 1.29 is 23.4 Å². The zero-order valence-electron chi connectivity index (χ0n) is 14.7. The quantitative estimate of drug-likeness (QED) is 0.623. The summed E-state index contributed by atoms with van der Waals surface area (Å²) >= 11 is 0. The predicted molar refractivity (Wildman–Crippen MR) is 94.7 cm³/mol. The van der Waals surface area contributed by atoms with Gasteiger partial charge in [0, 0.05) is 19.3 Å². The molecule has 2 N–H and O–H groups in total. The molecule has 142 valence electrons. The molecule has 0 aliphatic heterocycles. The van der Waals surface area contributed by atoms with Gasteiger partial charge in [0.25, 0.3) is 5.91 Å². The molecule has 1 aromatic carbocycles. The molecule has 2 heterocycles. The molecule has 0 aliphatic rings. The number of imidazole rings is 1. The zero-order valence-corrected chi connectivity index (χ0v) is 14.7. The topological polar surface area (TPSA) is 75.9 Å². The smallest absolute Gasteiger partial charge is 0.270 e. The molecule has 0 spiro atoms. The number of pyridine rings is 1. The first-order valence-electron chi connectivity index (χ1n) is 8.45. The molecule has 0 atom stereocenters. The van der Waals surface area contributed by atoms with Gasteiger partial charge >= 0.3 is 0 Å². The molecule has 0 bridgehead atoms. The van der Waals surface area contributed by atoms with Crippen LogP contribution >= 0.6 is 0 Å². The van der Waals surface area contributed by atoms with Crippen LogP contribution in [0.1, 0.15) is 28.2 Å². The van der Waals surface area contributed by atoms with Crippen LogP contribution < -0.4 is 10.1 Å². The van der Waals surface area contributed by atoms with Gasteiger partial charge in [-0.2, -0.15) is 0 Å². The molecule has 1 amide bonds. The number of aliphatic hydroxyl groups excluding tert-OH is 1. The van der Waals surface area contributed by atoms with Crippen molar-refractivity contribution in [1.29, 1.82) is 0 Å². The Balaban J connectivity index is 1.87. The van der Waals surface area contributed by atoms with Crippen LogP contribution in [0.2, 0.25) is 0 Å². The van der Waals surface area contributed by atoms with Crippen molar-refractivity contribution in [2.24, 2.45) is 0 Å². The highest BCUT2D eigenvalue weighted by Gasteiger charge is 2.19. The fourth-order valence-electron chi connectivity index (χ4n) is 2.73. The molecule has 0 saturated carbocycles. The Labute approximate surface area is 154 Å². The average Bonchev–Trinajstić information content (AvgIpc) is 2.98. The van der Waals surface area contributed by atoms with Crippen molar-refractivity contribution >= 4 is 11.6 Å². The van der Waals surface area contributed by atoms with Gasteiger partial charge in [-0.15, -0.1) is 0 Å². The number of fused-ring (bicyclic) bond motifs is 1. The van der Waals surface area contributed by atoms with E-state index >= 15 is 0 Å². The molecule has 3 aromatic rings. The lowest BCUT2D eigenvalue weighted by molar-refractivity contribution is 0.0944. The molecule has 0 radical (unpaired) electrons. The van der Waals surface area contributed by atoms with E-state index < -0.39 is 11.6 Å². The number of aryl methyl sites for hydroxylation is 1. The van der Waals surface area contributed by atoms with Gasteiger partial charge < -0.3 is 15.2 Å². The number of nitrogens with zero attached hydrogens (tertiary/aromatic N) is 2. The Morgan fingerprint density at radius 2 is 2.00 bits per heavy atom. The summed E-state index contributed by atoms with van der Waals surface area (Å²) in [5, 5.41) is 11.5. The number of amides is 1. The van der Waals surface area contributed by atoms with E-state index in [4.69, 9.17) is 9.84 Å². The number of nitrogens with one attached hydrogen (secondary N) is 1. The van der Waals surface area contributed by atoms with Crippen molar-refractivity contribution in [2.75, 3.05) is 13.2 Å². The Morgan fingerprint density at radius 1 is 1.26 bits per heavy atom. The Morgan fingerprint density at radius 3 is 2.70 bits per heavy atom. The second-order valence-electron chi connectivity index (χ2n) is 5.93. The number of aromatic nitrogens is 2. The lowest BCUT2D eigenvalue weighted by Gasteiger charge is -2.10. The monoisotopic (exact) mass is 375 g/mol. The summed E-state index contributed by atoms with van der Waals surface area (Å²) in [7, 11) is 0. The Bertz CT molecular complexity index is 952. The van der Waals surface area contributed by atoms with Gasteiger partial charge in [-0.25, -0.2) is 13.8 Å². The second kappa shape index (κ2) is 8.13. The van der Waals surface area contributed by atoms with Crippen molar-refractivity contribution in [2.45, 2.75) is 20.0 Å². The third kappa shape index (κ3) is 3.90. The number of halogens is 2. The number of carbonyl (C=O) groups is 1. The minimum atomic E-state index is -0.689.